The van der Waals surface area contributed by atoms with Crippen LogP contribution in [0.4, 0.5) is 0 Å². The molecule has 0 spiro atoms. The van der Waals surface area contributed by atoms with E-state index >= 15 is 0 Å². The minimum absolute atomic E-state index is 0.0179. The SMILES string of the molecule is Cc1ccc(S(=O)(=O)N2CCN(CC(=O)NC(C)CN3CCCCC3)CC2)cc1. The number of rotatable bonds is 7. The van der Waals surface area contributed by atoms with Gasteiger partial charge in [-0.25, -0.2) is 8.42 Å². The van der Waals surface area contributed by atoms with Crippen molar-refractivity contribution in [2.45, 2.75) is 44.0 Å². The van der Waals surface area contributed by atoms with E-state index in [1.165, 1.54) is 23.6 Å². The third kappa shape index (κ3) is 6.25. The molecule has 3 rings (SSSR count). The number of sulfonamides is 1. The molecule has 2 aliphatic rings. The molecule has 0 bridgehead atoms. The summed E-state index contributed by atoms with van der Waals surface area (Å²) in [6.45, 7) is 9.41. The van der Waals surface area contributed by atoms with Crippen molar-refractivity contribution >= 4 is 15.9 Å². The lowest BCUT2D eigenvalue weighted by atomic mass is 10.1. The average Bonchev–Trinajstić information content (AvgIpc) is 2.69. The highest BCUT2D eigenvalue weighted by molar-refractivity contribution is 7.89. The van der Waals surface area contributed by atoms with Gasteiger partial charge in [0.25, 0.3) is 0 Å². The van der Waals surface area contributed by atoms with Crippen LogP contribution < -0.4 is 5.32 Å². The fraction of sp³-hybridized carbons (Fsp3) is 0.667. The number of likely N-dealkylation sites (tertiary alicyclic amines) is 1. The summed E-state index contributed by atoms with van der Waals surface area (Å²) in [7, 11) is -3.47. The van der Waals surface area contributed by atoms with Crippen LogP contribution in [0.1, 0.15) is 31.7 Å². The highest BCUT2D eigenvalue weighted by Gasteiger charge is 2.29. The molecule has 8 heteroatoms. The van der Waals surface area contributed by atoms with E-state index < -0.39 is 10.0 Å². The number of hydrogen-bond donors (Lipinski definition) is 1. The zero-order chi connectivity index (χ0) is 20.9. The van der Waals surface area contributed by atoms with Crippen molar-refractivity contribution < 1.29 is 13.2 Å². The van der Waals surface area contributed by atoms with Crippen LogP contribution in [-0.4, -0.2) is 86.8 Å². The zero-order valence-electron chi connectivity index (χ0n) is 17.6. The van der Waals surface area contributed by atoms with Crippen LogP contribution in [0.15, 0.2) is 29.2 Å². The number of nitrogens with one attached hydrogen (secondary N) is 1. The van der Waals surface area contributed by atoms with Gasteiger partial charge in [-0.2, -0.15) is 4.31 Å². The van der Waals surface area contributed by atoms with Crippen LogP contribution in [0.5, 0.6) is 0 Å². The molecule has 0 saturated carbocycles. The van der Waals surface area contributed by atoms with Gasteiger partial charge in [0.05, 0.1) is 11.4 Å². The van der Waals surface area contributed by atoms with E-state index in [-0.39, 0.29) is 11.9 Å². The van der Waals surface area contributed by atoms with E-state index in [0.29, 0.717) is 37.6 Å². The molecule has 7 nitrogen and oxygen atoms in total. The number of carbonyl (C=O) groups is 1. The van der Waals surface area contributed by atoms with Crippen LogP contribution in [-0.2, 0) is 14.8 Å². The molecular weight excluding hydrogens is 388 g/mol. The summed E-state index contributed by atoms with van der Waals surface area (Å²) < 4.78 is 27.1. The molecule has 29 heavy (non-hydrogen) atoms. The Morgan fingerprint density at radius 3 is 2.21 bits per heavy atom. The van der Waals surface area contributed by atoms with Gasteiger partial charge in [0.15, 0.2) is 0 Å². The van der Waals surface area contributed by atoms with Crippen molar-refractivity contribution in [3.05, 3.63) is 29.8 Å². The van der Waals surface area contributed by atoms with Gasteiger partial charge in [-0.05, 0) is 51.9 Å². The minimum atomic E-state index is -3.47. The molecule has 162 valence electrons. The summed E-state index contributed by atoms with van der Waals surface area (Å²) in [5.41, 5.74) is 1.04. The van der Waals surface area contributed by atoms with Crippen molar-refractivity contribution in [2.75, 3.05) is 52.4 Å². The maximum Gasteiger partial charge on any atom is 0.243 e. The van der Waals surface area contributed by atoms with Crippen molar-refractivity contribution in [3.63, 3.8) is 0 Å². The molecule has 1 amide bonds. The van der Waals surface area contributed by atoms with E-state index in [2.05, 4.69) is 17.1 Å². The summed E-state index contributed by atoms with van der Waals surface area (Å²) in [5, 5.41) is 3.09. The van der Waals surface area contributed by atoms with Crippen molar-refractivity contribution in [1.29, 1.82) is 0 Å². The maximum atomic E-state index is 12.8. The zero-order valence-corrected chi connectivity index (χ0v) is 18.5. The highest BCUT2D eigenvalue weighted by atomic mass is 32.2. The largest absolute Gasteiger partial charge is 0.351 e. The molecule has 2 fully saturated rings. The summed E-state index contributed by atoms with van der Waals surface area (Å²) in [6, 6.07) is 7.09. The first-order chi connectivity index (χ1) is 13.8. The van der Waals surface area contributed by atoms with Crippen molar-refractivity contribution in [1.82, 2.24) is 19.4 Å². The Morgan fingerprint density at radius 2 is 1.59 bits per heavy atom. The van der Waals surface area contributed by atoms with Crippen LogP contribution in [0.3, 0.4) is 0 Å². The van der Waals surface area contributed by atoms with E-state index in [0.717, 1.165) is 25.2 Å². The minimum Gasteiger partial charge on any atom is -0.351 e. The number of hydrogen-bond acceptors (Lipinski definition) is 5. The second kappa shape index (κ2) is 10.0. The summed E-state index contributed by atoms with van der Waals surface area (Å²) >= 11 is 0. The van der Waals surface area contributed by atoms with E-state index in [9.17, 15) is 13.2 Å². The predicted molar refractivity (Wildman–Crippen MR) is 114 cm³/mol. The molecule has 2 aliphatic heterocycles. The Hall–Kier alpha value is -1.48. The standard InChI is InChI=1S/C21H34N4O3S/c1-18-6-8-20(9-7-18)29(27,28)25-14-12-24(13-15-25)17-21(26)22-19(2)16-23-10-4-3-5-11-23/h6-9,19H,3-5,10-17H2,1-2H3,(H,22,26). The Bertz CT molecular complexity index is 768. The van der Waals surface area contributed by atoms with Gasteiger partial charge in [0, 0.05) is 38.8 Å². The van der Waals surface area contributed by atoms with Gasteiger partial charge in [0.2, 0.25) is 15.9 Å². The molecule has 1 unspecified atom stereocenters. The lowest BCUT2D eigenvalue weighted by molar-refractivity contribution is -0.123. The lowest BCUT2D eigenvalue weighted by Crippen LogP contribution is -2.52. The van der Waals surface area contributed by atoms with Gasteiger partial charge >= 0.3 is 0 Å². The fourth-order valence-corrected chi connectivity index (χ4v) is 5.51. The van der Waals surface area contributed by atoms with Crippen LogP contribution in [0.2, 0.25) is 0 Å². The smallest absolute Gasteiger partial charge is 0.243 e. The lowest BCUT2D eigenvalue weighted by Gasteiger charge is -2.34. The fourth-order valence-electron chi connectivity index (χ4n) is 4.09. The first-order valence-electron chi connectivity index (χ1n) is 10.7. The summed E-state index contributed by atoms with van der Waals surface area (Å²) in [5.74, 6) is 0.0179. The number of nitrogens with zero attached hydrogens (tertiary/aromatic N) is 3. The van der Waals surface area contributed by atoms with Crippen LogP contribution in [0.25, 0.3) is 0 Å². The van der Waals surface area contributed by atoms with Crippen molar-refractivity contribution in [2.24, 2.45) is 0 Å². The van der Waals surface area contributed by atoms with Gasteiger partial charge in [0.1, 0.15) is 0 Å². The first-order valence-corrected chi connectivity index (χ1v) is 12.1. The maximum absolute atomic E-state index is 12.8. The van der Waals surface area contributed by atoms with E-state index in [1.807, 2.05) is 24.0 Å². The Labute approximate surface area is 175 Å². The Balaban J connectivity index is 1.43. The molecule has 1 atom stereocenters. The van der Waals surface area contributed by atoms with Gasteiger partial charge in [-0.1, -0.05) is 24.1 Å². The van der Waals surface area contributed by atoms with Crippen LogP contribution >= 0.6 is 0 Å². The Kier molecular flexibility index (Phi) is 7.67. The predicted octanol–water partition coefficient (Wildman–Crippen LogP) is 1.29. The number of amides is 1. The van der Waals surface area contributed by atoms with Crippen molar-refractivity contribution in [3.8, 4) is 0 Å². The topological polar surface area (TPSA) is 73.0 Å². The van der Waals surface area contributed by atoms with E-state index in [4.69, 9.17) is 0 Å². The second-order valence-electron chi connectivity index (χ2n) is 8.32. The molecule has 2 saturated heterocycles. The third-order valence-corrected chi connectivity index (χ3v) is 7.66. The monoisotopic (exact) mass is 422 g/mol. The summed E-state index contributed by atoms with van der Waals surface area (Å²) in [4.78, 5) is 17.2. The first kappa shape index (κ1) is 22.2. The van der Waals surface area contributed by atoms with Gasteiger partial charge < -0.3 is 10.2 Å². The number of piperazine rings is 1. The second-order valence-corrected chi connectivity index (χ2v) is 10.3. The molecular formula is C21H34N4O3S. The number of benzene rings is 1. The summed E-state index contributed by atoms with van der Waals surface area (Å²) in [6.07, 6.45) is 3.80. The normalized spacial score (nSPS) is 21.0. The molecule has 1 N–H and O–H groups in total. The molecule has 0 aromatic heterocycles. The molecule has 0 aliphatic carbocycles. The van der Waals surface area contributed by atoms with E-state index in [1.54, 1.807) is 12.1 Å². The Morgan fingerprint density at radius 1 is 0.966 bits per heavy atom. The van der Waals surface area contributed by atoms with Crippen LogP contribution in [0, 0.1) is 6.92 Å². The van der Waals surface area contributed by atoms with Gasteiger partial charge in [-0.15, -0.1) is 0 Å². The molecule has 1 aromatic carbocycles. The highest BCUT2D eigenvalue weighted by Crippen LogP contribution is 2.18. The average molecular weight is 423 g/mol. The van der Waals surface area contributed by atoms with Gasteiger partial charge in [-0.3, -0.25) is 9.69 Å². The number of carbonyl (C=O) groups excluding carboxylic acids is 1. The number of aryl methyl sites for hydroxylation is 1. The quantitative estimate of drug-likeness (QED) is 0.717. The third-order valence-electron chi connectivity index (χ3n) is 5.75. The molecule has 1 aromatic rings. The molecule has 0 radical (unpaired) electrons. The number of piperidine rings is 1. The molecule has 2 heterocycles.